The zero-order valence-corrected chi connectivity index (χ0v) is 13.4. The number of amides is 1. The number of hydrogen-bond acceptors (Lipinski definition) is 6. The Morgan fingerprint density at radius 2 is 2.14 bits per heavy atom. The number of rotatable bonds is 7. The largest absolute Gasteiger partial charge is 0.360 e. The molecule has 0 bridgehead atoms. The normalized spacial score (nSPS) is 10.9. The summed E-state index contributed by atoms with van der Waals surface area (Å²) >= 11 is 1.56. The molecule has 0 aliphatic heterocycles. The summed E-state index contributed by atoms with van der Waals surface area (Å²) < 4.78 is 0. The first-order chi connectivity index (χ1) is 10.1. The first kappa shape index (κ1) is 15.5. The Kier molecular flexibility index (Phi) is 5.32. The number of carbonyl (C=O) groups excluding carboxylic acids is 1. The zero-order valence-electron chi connectivity index (χ0n) is 12.6. The summed E-state index contributed by atoms with van der Waals surface area (Å²) in [5.41, 5.74) is 0. The molecular weight excluding hydrogens is 286 g/mol. The standard InChI is InChI=1S/C14H21N5OS/c1-4-15-14-18-12(10-5-6-21-13(10)19-14)17-8-11(20)16-7-9(2)3/h5-6,9H,4,7-8H2,1-3H3,(H,16,20)(H2,15,17,18,19). The lowest BCUT2D eigenvalue weighted by molar-refractivity contribution is -0.119. The average Bonchev–Trinajstić information content (AvgIpc) is 2.91. The molecule has 0 aromatic carbocycles. The van der Waals surface area contributed by atoms with E-state index in [0.717, 1.165) is 16.8 Å². The van der Waals surface area contributed by atoms with Gasteiger partial charge in [-0.15, -0.1) is 11.3 Å². The monoisotopic (exact) mass is 307 g/mol. The lowest BCUT2D eigenvalue weighted by Gasteiger charge is -2.10. The van der Waals surface area contributed by atoms with Crippen LogP contribution in [0, 0.1) is 5.92 Å². The number of thiophene rings is 1. The third-order valence-corrected chi connectivity index (χ3v) is 3.59. The molecule has 1 amide bonds. The molecule has 0 aliphatic carbocycles. The quantitative estimate of drug-likeness (QED) is 0.731. The van der Waals surface area contributed by atoms with Gasteiger partial charge in [0.15, 0.2) is 0 Å². The van der Waals surface area contributed by atoms with Gasteiger partial charge in [-0.25, -0.2) is 4.98 Å². The Balaban J connectivity index is 2.06. The molecule has 2 aromatic rings. The smallest absolute Gasteiger partial charge is 0.239 e. The first-order valence-corrected chi connectivity index (χ1v) is 7.97. The van der Waals surface area contributed by atoms with Crippen LogP contribution in [-0.2, 0) is 4.79 Å². The number of nitrogens with zero attached hydrogens (tertiary/aromatic N) is 2. The van der Waals surface area contributed by atoms with E-state index in [1.807, 2.05) is 18.4 Å². The molecule has 0 saturated carbocycles. The first-order valence-electron chi connectivity index (χ1n) is 7.09. The van der Waals surface area contributed by atoms with Crippen molar-refractivity contribution in [1.29, 1.82) is 0 Å². The molecule has 0 unspecified atom stereocenters. The minimum atomic E-state index is -0.0318. The average molecular weight is 307 g/mol. The summed E-state index contributed by atoms with van der Waals surface area (Å²) in [5.74, 6) is 1.68. The van der Waals surface area contributed by atoms with Gasteiger partial charge in [-0.1, -0.05) is 13.8 Å². The molecule has 2 aromatic heterocycles. The van der Waals surface area contributed by atoms with Crippen LogP contribution in [0.2, 0.25) is 0 Å². The van der Waals surface area contributed by atoms with E-state index in [1.165, 1.54) is 0 Å². The van der Waals surface area contributed by atoms with Crippen molar-refractivity contribution in [3.05, 3.63) is 11.4 Å². The minimum absolute atomic E-state index is 0.0318. The van der Waals surface area contributed by atoms with Gasteiger partial charge in [0, 0.05) is 13.1 Å². The Morgan fingerprint density at radius 1 is 1.33 bits per heavy atom. The summed E-state index contributed by atoms with van der Waals surface area (Å²) in [6.45, 7) is 7.77. The maximum absolute atomic E-state index is 11.8. The lowest BCUT2D eigenvalue weighted by atomic mass is 10.2. The van der Waals surface area contributed by atoms with Crippen molar-refractivity contribution in [3.63, 3.8) is 0 Å². The van der Waals surface area contributed by atoms with E-state index in [4.69, 9.17) is 0 Å². The van der Waals surface area contributed by atoms with E-state index in [2.05, 4.69) is 39.8 Å². The Bertz CT molecular complexity index is 610. The molecule has 0 saturated heterocycles. The number of nitrogens with one attached hydrogen (secondary N) is 3. The lowest BCUT2D eigenvalue weighted by Crippen LogP contribution is -2.32. The van der Waals surface area contributed by atoms with Crippen molar-refractivity contribution in [3.8, 4) is 0 Å². The summed E-state index contributed by atoms with van der Waals surface area (Å²) in [6, 6.07) is 1.96. The van der Waals surface area contributed by atoms with Crippen LogP contribution in [0.1, 0.15) is 20.8 Å². The molecule has 0 atom stereocenters. The van der Waals surface area contributed by atoms with Crippen molar-refractivity contribution in [2.24, 2.45) is 5.92 Å². The molecule has 3 N–H and O–H groups in total. The van der Waals surface area contributed by atoms with Gasteiger partial charge in [-0.3, -0.25) is 4.79 Å². The van der Waals surface area contributed by atoms with Crippen LogP contribution in [0.4, 0.5) is 11.8 Å². The minimum Gasteiger partial charge on any atom is -0.360 e. The van der Waals surface area contributed by atoms with Crippen LogP contribution >= 0.6 is 11.3 Å². The summed E-state index contributed by atoms with van der Waals surface area (Å²) in [4.78, 5) is 21.5. The van der Waals surface area contributed by atoms with Crippen molar-refractivity contribution < 1.29 is 4.79 Å². The molecule has 21 heavy (non-hydrogen) atoms. The van der Waals surface area contributed by atoms with Crippen molar-refractivity contribution >= 4 is 39.2 Å². The highest BCUT2D eigenvalue weighted by atomic mass is 32.1. The fourth-order valence-corrected chi connectivity index (χ4v) is 2.54. The molecule has 2 rings (SSSR count). The second-order valence-electron chi connectivity index (χ2n) is 5.12. The highest BCUT2D eigenvalue weighted by Crippen LogP contribution is 2.26. The number of hydrogen-bond donors (Lipinski definition) is 3. The van der Waals surface area contributed by atoms with E-state index < -0.39 is 0 Å². The van der Waals surface area contributed by atoms with Crippen molar-refractivity contribution in [1.82, 2.24) is 15.3 Å². The number of anilines is 2. The summed E-state index contributed by atoms with van der Waals surface area (Å²) in [5, 5.41) is 12.0. The van der Waals surface area contributed by atoms with Gasteiger partial charge >= 0.3 is 0 Å². The Morgan fingerprint density at radius 3 is 2.86 bits per heavy atom. The fraction of sp³-hybridized carbons (Fsp3) is 0.500. The highest BCUT2D eigenvalue weighted by molar-refractivity contribution is 7.16. The van der Waals surface area contributed by atoms with Gasteiger partial charge in [0.2, 0.25) is 11.9 Å². The predicted octanol–water partition coefficient (Wildman–Crippen LogP) is 2.31. The Hall–Kier alpha value is -1.89. The second kappa shape index (κ2) is 7.21. The van der Waals surface area contributed by atoms with E-state index in [0.29, 0.717) is 24.2 Å². The third kappa shape index (κ3) is 4.29. The van der Waals surface area contributed by atoms with Gasteiger partial charge in [0.05, 0.1) is 11.9 Å². The van der Waals surface area contributed by atoms with Crippen LogP contribution in [0.15, 0.2) is 11.4 Å². The number of fused-ring (bicyclic) bond motifs is 1. The highest BCUT2D eigenvalue weighted by Gasteiger charge is 2.10. The molecule has 114 valence electrons. The van der Waals surface area contributed by atoms with E-state index >= 15 is 0 Å². The molecule has 6 nitrogen and oxygen atoms in total. The Labute approximate surface area is 128 Å². The van der Waals surface area contributed by atoms with Gasteiger partial charge in [-0.2, -0.15) is 4.98 Å². The zero-order chi connectivity index (χ0) is 15.2. The van der Waals surface area contributed by atoms with Gasteiger partial charge in [0.1, 0.15) is 10.6 Å². The van der Waals surface area contributed by atoms with E-state index in [-0.39, 0.29) is 12.5 Å². The number of carbonyl (C=O) groups is 1. The SMILES string of the molecule is CCNc1nc(NCC(=O)NCC(C)C)c2ccsc2n1. The fourth-order valence-electron chi connectivity index (χ4n) is 1.77. The summed E-state index contributed by atoms with van der Waals surface area (Å²) in [6.07, 6.45) is 0. The molecular formula is C14H21N5OS. The van der Waals surface area contributed by atoms with Gasteiger partial charge in [0.25, 0.3) is 0 Å². The number of aromatic nitrogens is 2. The molecule has 2 heterocycles. The van der Waals surface area contributed by atoms with Crippen LogP contribution in [0.3, 0.4) is 0 Å². The molecule has 0 spiro atoms. The van der Waals surface area contributed by atoms with Gasteiger partial charge < -0.3 is 16.0 Å². The van der Waals surface area contributed by atoms with E-state index in [9.17, 15) is 4.79 Å². The molecule has 0 aliphatic rings. The van der Waals surface area contributed by atoms with Crippen LogP contribution in [0.25, 0.3) is 10.2 Å². The van der Waals surface area contributed by atoms with Crippen LogP contribution in [-0.4, -0.2) is 35.5 Å². The maximum Gasteiger partial charge on any atom is 0.239 e. The van der Waals surface area contributed by atoms with E-state index in [1.54, 1.807) is 11.3 Å². The molecule has 0 fully saturated rings. The second-order valence-corrected chi connectivity index (χ2v) is 6.01. The van der Waals surface area contributed by atoms with Crippen molar-refractivity contribution in [2.45, 2.75) is 20.8 Å². The topological polar surface area (TPSA) is 78.9 Å². The molecule has 0 radical (unpaired) electrons. The van der Waals surface area contributed by atoms with Crippen LogP contribution in [0.5, 0.6) is 0 Å². The summed E-state index contributed by atoms with van der Waals surface area (Å²) in [7, 11) is 0. The van der Waals surface area contributed by atoms with Crippen molar-refractivity contribution in [2.75, 3.05) is 30.3 Å². The maximum atomic E-state index is 11.8. The molecule has 7 heteroatoms. The predicted molar refractivity (Wildman–Crippen MR) is 87.9 cm³/mol. The van der Waals surface area contributed by atoms with Gasteiger partial charge in [-0.05, 0) is 24.3 Å². The van der Waals surface area contributed by atoms with Crippen LogP contribution < -0.4 is 16.0 Å². The third-order valence-electron chi connectivity index (χ3n) is 2.78.